The van der Waals surface area contributed by atoms with E-state index in [1.165, 1.54) is 0 Å². The maximum atomic E-state index is 9.61. The molecule has 2 atom stereocenters. The Morgan fingerprint density at radius 2 is 2.08 bits per heavy atom. The van der Waals surface area contributed by atoms with Crippen LogP contribution in [0, 0.1) is 5.92 Å². The lowest BCUT2D eigenvalue weighted by Gasteiger charge is -2.25. The van der Waals surface area contributed by atoms with Crippen molar-refractivity contribution in [3.05, 3.63) is 12.7 Å². The van der Waals surface area contributed by atoms with Crippen LogP contribution in [0.4, 0.5) is 0 Å². The summed E-state index contributed by atoms with van der Waals surface area (Å²) >= 11 is 0. The van der Waals surface area contributed by atoms with E-state index in [0.29, 0.717) is 18.9 Å². The van der Waals surface area contributed by atoms with Crippen molar-refractivity contribution in [2.24, 2.45) is 5.92 Å². The molecule has 0 aliphatic rings. The minimum atomic E-state index is -0.414. The largest absolute Gasteiger partial charge is 0.390 e. The van der Waals surface area contributed by atoms with Gasteiger partial charge in [0.2, 0.25) is 0 Å². The predicted octanol–water partition coefficient (Wildman–Crippen LogP) is 1.98. The minimum Gasteiger partial charge on any atom is -0.390 e. The van der Waals surface area contributed by atoms with Gasteiger partial charge in [-0.2, -0.15) is 0 Å². The summed E-state index contributed by atoms with van der Waals surface area (Å²) < 4.78 is 5.42. The monoisotopic (exact) mass is 172 g/mol. The topological polar surface area (TPSA) is 29.5 Å². The number of hydrogen-bond acceptors (Lipinski definition) is 2. The van der Waals surface area contributed by atoms with E-state index >= 15 is 0 Å². The second kappa shape index (κ2) is 6.21. The van der Waals surface area contributed by atoms with Crippen molar-refractivity contribution in [3.8, 4) is 0 Å². The van der Waals surface area contributed by atoms with E-state index in [0.717, 1.165) is 0 Å². The molecule has 0 aliphatic carbocycles. The Morgan fingerprint density at radius 3 is 2.42 bits per heavy atom. The average Bonchev–Trinajstić information content (AvgIpc) is 1.99. The van der Waals surface area contributed by atoms with Gasteiger partial charge < -0.3 is 9.84 Å². The number of rotatable bonds is 6. The summed E-state index contributed by atoms with van der Waals surface area (Å²) in [6.45, 7) is 10.3. The zero-order valence-corrected chi connectivity index (χ0v) is 8.29. The summed E-state index contributed by atoms with van der Waals surface area (Å²) in [5.41, 5.74) is 0. The summed E-state index contributed by atoms with van der Waals surface area (Å²) in [5.74, 6) is 0.347. The van der Waals surface area contributed by atoms with Crippen LogP contribution in [0.1, 0.15) is 27.2 Å². The number of aliphatic hydroxyl groups is 1. The van der Waals surface area contributed by atoms with E-state index in [1.807, 2.05) is 20.8 Å². The number of aliphatic hydroxyl groups excluding tert-OH is 1. The summed E-state index contributed by atoms with van der Waals surface area (Å²) in [7, 11) is 0. The van der Waals surface area contributed by atoms with Gasteiger partial charge in [0, 0.05) is 6.61 Å². The van der Waals surface area contributed by atoms with Gasteiger partial charge in [-0.05, 0) is 19.3 Å². The lowest BCUT2D eigenvalue weighted by Crippen LogP contribution is -2.33. The molecule has 0 aromatic heterocycles. The smallest absolute Gasteiger partial charge is 0.0859 e. The molecule has 12 heavy (non-hydrogen) atoms. The molecular weight excluding hydrogens is 152 g/mol. The molecule has 1 N–H and O–H groups in total. The first-order valence-electron chi connectivity index (χ1n) is 4.54. The van der Waals surface area contributed by atoms with Crippen LogP contribution in [0.3, 0.4) is 0 Å². The van der Waals surface area contributed by atoms with Crippen LogP contribution in [0.15, 0.2) is 12.7 Å². The summed E-state index contributed by atoms with van der Waals surface area (Å²) in [4.78, 5) is 0. The van der Waals surface area contributed by atoms with Gasteiger partial charge in [0.05, 0.1) is 12.2 Å². The molecule has 0 heterocycles. The van der Waals surface area contributed by atoms with Crippen LogP contribution in [-0.2, 0) is 4.74 Å². The van der Waals surface area contributed by atoms with Gasteiger partial charge >= 0.3 is 0 Å². The molecule has 0 aromatic carbocycles. The van der Waals surface area contributed by atoms with Gasteiger partial charge in [-0.1, -0.05) is 19.9 Å². The summed E-state index contributed by atoms with van der Waals surface area (Å²) in [6.07, 6.45) is 1.84. The third-order valence-electron chi connectivity index (χ3n) is 1.80. The zero-order valence-electron chi connectivity index (χ0n) is 8.29. The first-order chi connectivity index (χ1) is 5.63. The molecular formula is C10H20O2. The van der Waals surface area contributed by atoms with Crippen molar-refractivity contribution >= 4 is 0 Å². The van der Waals surface area contributed by atoms with Crippen LogP contribution in [0.2, 0.25) is 0 Å². The van der Waals surface area contributed by atoms with E-state index in [9.17, 15) is 5.11 Å². The third kappa shape index (κ3) is 3.88. The number of hydrogen-bond donors (Lipinski definition) is 1. The van der Waals surface area contributed by atoms with E-state index in [-0.39, 0.29) is 6.10 Å². The number of ether oxygens (including phenoxy) is 1. The van der Waals surface area contributed by atoms with Crippen LogP contribution < -0.4 is 0 Å². The van der Waals surface area contributed by atoms with Crippen LogP contribution >= 0.6 is 0 Å². The second-order valence-corrected chi connectivity index (χ2v) is 3.26. The molecule has 0 bridgehead atoms. The Kier molecular flexibility index (Phi) is 6.03. The van der Waals surface area contributed by atoms with Crippen LogP contribution in [0.25, 0.3) is 0 Å². The molecule has 0 spiro atoms. The Balaban J connectivity index is 3.98. The SMILES string of the molecule is C=CCC(O)C(OCC)C(C)C. The fourth-order valence-corrected chi connectivity index (χ4v) is 1.25. The molecule has 2 heteroatoms. The molecule has 2 unspecified atom stereocenters. The van der Waals surface area contributed by atoms with E-state index < -0.39 is 6.10 Å². The molecule has 0 aliphatic heterocycles. The highest BCUT2D eigenvalue weighted by molar-refractivity contribution is 4.80. The predicted molar refractivity (Wildman–Crippen MR) is 51.1 cm³/mol. The van der Waals surface area contributed by atoms with Crippen molar-refractivity contribution in [1.82, 2.24) is 0 Å². The maximum absolute atomic E-state index is 9.61. The Bertz CT molecular complexity index is 121. The average molecular weight is 172 g/mol. The standard InChI is InChI=1S/C10H20O2/c1-5-7-9(11)10(8(3)4)12-6-2/h5,8-11H,1,6-7H2,2-4H3. The molecule has 2 nitrogen and oxygen atoms in total. The highest BCUT2D eigenvalue weighted by Crippen LogP contribution is 2.13. The molecule has 0 amide bonds. The van der Waals surface area contributed by atoms with Crippen LogP contribution in [-0.4, -0.2) is 23.9 Å². The fourth-order valence-electron chi connectivity index (χ4n) is 1.25. The molecule has 0 saturated heterocycles. The Hall–Kier alpha value is -0.340. The van der Waals surface area contributed by atoms with Crippen LogP contribution in [0.5, 0.6) is 0 Å². The van der Waals surface area contributed by atoms with Crippen molar-refractivity contribution in [2.75, 3.05) is 6.61 Å². The quantitative estimate of drug-likeness (QED) is 0.621. The van der Waals surface area contributed by atoms with Gasteiger partial charge in [-0.3, -0.25) is 0 Å². The molecule has 0 aromatic rings. The third-order valence-corrected chi connectivity index (χ3v) is 1.80. The van der Waals surface area contributed by atoms with Crippen molar-refractivity contribution < 1.29 is 9.84 Å². The van der Waals surface area contributed by atoms with Crippen molar-refractivity contribution in [2.45, 2.75) is 39.4 Å². The summed E-state index contributed by atoms with van der Waals surface area (Å²) in [6, 6.07) is 0. The summed E-state index contributed by atoms with van der Waals surface area (Å²) in [5, 5.41) is 9.61. The van der Waals surface area contributed by atoms with E-state index in [4.69, 9.17) is 4.74 Å². The highest BCUT2D eigenvalue weighted by Gasteiger charge is 2.21. The minimum absolute atomic E-state index is 0.0620. The van der Waals surface area contributed by atoms with Gasteiger partial charge in [-0.25, -0.2) is 0 Å². The van der Waals surface area contributed by atoms with Crippen molar-refractivity contribution in [3.63, 3.8) is 0 Å². The Morgan fingerprint density at radius 1 is 1.50 bits per heavy atom. The van der Waals surface area contributed by atoms with Gasteiger partial charge in [0.15, 0.2) is 0 Å². The molecule has 72 valence electrons. The normalized spacial score (nSPS) is 16.1. The van der Waals surface area contributed by atoms with E-state index in [1.54, 1.807) is 6.08 Å². The fraction of sp³-hybridized carbons (Fsp3) is 0.800. The first kappa shape index (κ1) is 11.7. The molecule has 0 radical (unpaired) electrons. The Labute approximate surface area is 75.2 Å². The van der Waals surface area contributed by atoms with Crippen molar-refractivity contribution in [1.29, 1.82) is 0 Å². The van der Waals surface area contributed by atoms with Gasteiger partial charge in [0.1, 0.15) is 0 Å². The second-order valence-electron chi connectivity index (χ2n) is 3.26. The molecule has 0 saturated carbocycles. The van der Waals surface area contributed by atoms with Gasteiger partial charge in [-0.15, -0.1) is 6.58 Å². The highest BCUT2D eigenvalue weighted by atomic mass is 16.5. The van der Waals surface area contributed by atoms with Gasteiger partial charge in [0.25, 0.3) is 0 Å². The zero-order chi connectivity index (χ0) is 9.56. The first-order valence-corrected chi connectivity index (χ1v) is 4.54. The lowest BCUT2D eigenvalue weighted by atomic mass is 9.99. The lowest BCUT2D eigenvalue weighted by molar-refractivity contribution is -0.0552. The van der Waals surface area contributed by atoms with E-state index in [2.05, 4.69) is 6.58 Å². The maximum Gasteiger partial charge on any atom is 0.0859 e. The molecule has 0 rings (SSSR count). The molecule has 0 fully saturated rings.